The second kappa shape index (κ2) is 4.73. The van der Waals surface area contributed by atoms with E-state index in [2.05, 4.69) is 10.3 Å². The quantitative estimate of drug-likeness (QED) is 0.831. The monoisotopic (exact) mass is 269 g/mol. The highest BCUT2D eigenvalue weighted by Gasteiger charge is 2.30. The van der Waals surface area contributed by atoms with E-state index in [4.69, 9.17) is 0 Å². The van der Waals surface area contributed by atoms with Gasteiger partial charge in [-0.1, -0.05) is 24.3 Å². The SMILES string of the molecule is O=C1CC(=O)N(Cc2cccc3cccnc23)C(=O)N1. The van der Waals surface area contributed by atoms with Crippen molar-refractivity contribution in [1.29, 1.82) is 0 Å². The third-order valence-electron chi connectivity index (χ3n) is 3.15. The molecule has 0 saturated carbocycles. The van der Waals surface area contributed by atoms with Crippen LogP contribution in [0.5, 0.6) is 0 Å². The number of amides is 4. The Labute approximate surface area is 114 Å². The molecule has 0 spiro atoms. The molecule has 2 heterocycles. The Bertz CT molecular complexity index is 701. The van der Waals surface area contributed by atoms with Gasteiger partial charge in [0.15, 0.2) is 0 Å². The van der Waals surface area contributed by atoms with Crippen molar-refractivity contribution in [3.8, 4) is 0 Å². The minimum absolute atomic E-state index is 0.103. The number of pyridine rings is 1. The van der Waals surface area contributed by atoms with Crippen LogP contribution in [0.3, 0.4) is 0 Å². The molecular formula is C14H11N3O3. The van der Waals surface area contributed by atoms with E-state index in [1.54, 1.807) is 6.20 Å². The smallest absolute Gasteiger partial charge is 0.277 e. The third kappa shape index (κ3) is 2.11. The molecule has 20 heavy (non-hydrogen) atoms. The van der Waals surface area contributed by atoms with E-state index in [0.717, 1.165) is 21.4 Å². The minimum atomic E-state index is -0.681. The average Bonchev–Trinajstić information content (AvgIpc) is 2.43. The van der Waals surface area contributed by atoms with Crippen LogP contribution in [0.25, 0.3) is 10.9 Å². The molecular weight excluding hydrogens is 258 g/mol. The van der Waals surface area contributed by atoms with E-state index < -0.39 is 17.8 Å². The molecule has 1 aromatic carbocycles. The summed E-state index contributed by atoms with van der Waals surface area (Å²) in [6.45, 7) is 0.103. The number of hydrogen-bond acceptors (Lipinski definition) is 4. The molecule has 1 aliphatic heterocycles. The fourth-order valence-corrected chi connectivity index (χ4v) is 2.20. The zero-order valence-electron chi connectivity index (χ0n) is 10.5. The summed E-state index contributed by atoms with van der Waals surface area (Å²) < 4.78 is 0. The van der Waals surface area contributed by atoms with Gasteiger partial charge in [-0.2, -0.15) is 0 Å². The first-order valence-corrected chi connectivity index (χ1v) is 6.12. The van der Waals surface area contributed by atoms with Crippen LogP contribution in [0, 0.1) is 0 Å². The Morgan fingerprint density at radius 2 is 1.95 bits per heavy atom. The lowest BCUT2D eigenvalue weighted by Gasteiger charge is -2.24. The van der Waals surface area contributed by atoms with Gasteiger partial charge in [-0.25, -0.2) is 4.79 Å². The summed E-state index contributed by atoms with van der Waals surface area (Å²) in [5, 5.41) is 3.07. The molecule has 1 aromatic heterocycles. The second-order valence-corrected chi connectivity index (χ2v) is 4.50. The van der Waals surface area contributed by atoms with Crippen LogP contribution in [-0.2, 0) is 16.1 Å². The lowest BCUT2D eigenvalue weighted by molar-refractivity contribution is -0.136. The molecule has 0 unspecified atom stereocenters. The predicted molar refractivity (Wildman–Crippen MR) is 70.4 cm³/mol. The van der Waals surface area contributed by atoms with Gasteiger partial charge in [-0.15, -0.1) is 0 Å². The van der Waals surface area contributed by atoms with Crippen LogP contribution in [0.15, 0.2) is 36.5 Å². The number of carbonyl (C=O) groups excluding carboxylic acids is 3. The molecule has 100 valence electrons. The molecule has 0 bridgehead atoms. The first kappa shape index (κ1) is 12.3. The molecule has 4 amide bonds. The molecule has 0 aliphatic carbocycles. The number of hydrogen-bond donors (Lipinski definition) is 1. The van der Waals surface area contributed by atoms with Gasteiger partial charge in [0, 0.05) is 11.6 Å². The summed E-state index contributed by atoms with van der Waals surface area (Å²) in [5.74, 6) is -1.06. The van der Waals surface area contributed by atoms with E-state index in [1.165, 1.54) is 0 Å². The standard InChI is InChI=1S/C14H11N3O3/c18-11-7-12(19)17(14(20)16-11)8-10-4-1-3-9-5-2-6-15-13(9)10/h1-6H,7-8H2,(H,16,18,20). The fraction of sp³-hybridized carbons (Fsp3) is 0.143. The van der Waals surface area contributed by atoms with Gasteiger partial charge >= 0.3 is 6.03 Å². The Balaban J connectivity index is 1.95. The van der Waals surface area contributed by atoms with Gasteiger partial charge in [0.2, 0.25) is 11.8 Å². The molecule has 2 aromatic rings. The van der Waals surface area contributed by atoms with Crippen molar-refractivity contribution < 1.29 is 14.4 Å². The van der Waals surface area contributed by atoms with Crippen molar-refractivity contribution in [2.24, 2.45) is 0 Å². The highest BCUT2D eigenvalue weighted by Crippen LogP contribution is 2.18. The van der Waals surface area contributed by atoms with Crippen LogP contribution in [0.2, 0.25) is 0 Å². The number of imide groups is 2. The number of rotatable bonds is 2. The maximum Gasteiger partial charge on any atom is 0.331 e. The van der Waals surface area contributed by atoms with Crippen LogP contribution in [0.1, 0.15) is 12.0 Å². The van der Waals surface area contributed by atoms with Crippen molar-refractivity contribution in [3.05, 3.63) is 42.1 Å². The molecule has 0 radical (unpaired) electrons. The van der Waals surface area contributed by atoms with Gasteiger partial charge in [0.25, 0.3) is 0 Å². The van der Waals surface area contributed by atoms with E-state index >= 15 is 0 Å². The highest BCUT2D eigenvalue weighted by molar-refractivity contribution is 6.14. The Morgan fingerprint density at radius 3 is 2.75 bits per heavy atom. The van der Waals surface area contributed by atoms with Crippen molar-refractivity contribution >= 4 is 28.7 Å². The Kier molecular flexibility index (Phi) is 2.90. The summed E-state index contributed by atoms with van der Waals surface area (Å²) >= 11 is 0. The highest BCUT2D eigenvalue weighted by atomic mass is 16.2. The summed E-state index contributed by atoms with van der Waals surface area (Å²) in [6.07, 6.45) is 1.36. The number of fused-ring (bicyclic) bond motifs is 1. The number of urea groups is 1. The molecule has 1 N–H and O–H groups in total. The fourth-order valence-electron chi connectivity index (χ4n) is 2.20. The predicted octanol–water partition coefficient (Wildman–Crippen LogP) is 1.20. The van der Waals surface area contributed by atoms with Crippen LogP contribution < -0.4 is 5.32 Å². The maximum absolute atomic E-state index is 11.8. The van der Waals surface area contributed by atoms with Crippen LogP contribution in [0.4, 0.5) is 4.79 Å². The Morgan fingerprint density at radius 1 is 1.15 bits per heavy atom. The lowest BCUT2D eigenvalue weighted by atomic mass is 10.1. The van der Waals surface area contributed by atoms with Crippen LogP contribution >= 0.6 is 0 Å². The first-order valence-electron chi connectivity index (χ1n) is 6.12. The van der Waals surface area contributed by atoms with E-state index in [9.17, 15) is 14.4 Å². The average molecular weight is 269 g/mol. The van der Waals surface area contributed by atoms with Crippen molar-refractivity contribution in [2.45, 2.75) is 13.0 Å². The topological polar surface area (TPSA) is 79.4 Å². The number of barbiturate groups is 1. The summed E-state index contributed by atoms with van der Waals surface area (Å²) in [6, 6.07) is 8.62. The number of aromatic nitrogens is 1. The van der Waals surface area contributed by atoms with Gasteiger partial charge in [-0.3, -0.25) is 24.8 Å². The summed E-state index contributed by atoms with van der Waals surface area (Å²) in [5.41, 5.74) is 1.51. The maximum atomic E-state index is 11.8. The van der Waals surface area contributed by atoms with E-state index in [-0.39, 0.29) is 13.0 Å². The van der Waals surface area contributed by atoms with Gasteiger partial charge in [0.05, 0.1) is 12.1 Å². The number of nitrogens with one attached hydrogen (secondary N) is 1. The molecule has 0 atom stereocenters. The minimum Gasteiger partial charge on any atom is -0.277 e. The van der Waals surface area contributed by atoms with E-state index in [1.807, 2.05) is 30.3 Å². The van der Waals surface area contributed by atoms with Gasteiger partial charge in [-0.05, 0) is 11.6 Å². The molecule has 3 rings (SSSR count). The normalized spacial score (nSPS) is 15.6. The van der Waals surface area contributed by atoms with Crippen molar-refractivity contribution in [1.82, 2.24) is 15.2 Å². The van der Waals surface area contributed by atoms with E-state index in [0.29, 0.717) is 0 Å². The first-order chi connectivity index (χ1) is 9.65. The number of nitrogens with zero attached hydrogens (tertiary/aromatic N) is 2. The molecule has 1 aliphatic rings. The van der Waals surface area contributed by atoms with Crippen molar-refractivity contribution in [2.75, 3.05) is 0 Å². The second-order valence-electron chi connectivity index (χ2n) is 4.50. The molecule has 1 fully saturated rings. The third-order valence-corrected chi connectivity index (χ3v) is 3.15. The summed E-state index contributed by atoms with van der Waals surface area (Å²) in [7, 11) is 0. The van der Waals surface area contributed by atoms with Gasteiger partial charge in [0.1, 0.15) is 6.42 Å². The Hall–Kier alpha value is -2.76. The zero-order valence-corrected chi connectivity index (χ0v) is 10.5. The van der Waals surface area contributed by atoms with Crippen molar-refractivity contribution in [3.63, 3.8) is 0 Å². The van der Waals surface area contributed by atoms with Crippen LogP contribution in [-0.4, -0.2) is 27.7 Å². The van der Waals surface area contributed by atoms with Gasteiger partial charge < -0.3 is 0 Å². The largest absolute Gasteiger partial charge is 0.331 e. The number of benzene rings is 1. The lowest BCUT2D eigenvalue weighted by Crippen LogP contribution is -2.52. The molecule has 6 heteroatoms. The zero-order chi connectivity index (χ0) is 14.1. The molecule has 6 nitrogen and oxygen atoms in total. The number of carbonyl (C=O) groups is 3. The summed E-state index contributed by atoms with van der Waals surface area (Å²) in [4.78, 5) is 39.9. The number of para-hydroxylation sites is 1. The molecule has 1 saturated heterocycles.